The van der Waals surface area contributed by atoms with Crippen LogP contribution >= 0.6 is 0 Å². The van der Waals surface area contributed by atoms with Crippen molar-refractivity contribution in [1.82, 2.24) is 4.90 Å². The first-order valence-corrected chi connectivity index (χ1v) is 7.22. The first kappa shape index (κ1) is 15.8. The molecule has 0 saturated heterocycles. The minimum Gasteiger partial charge on any atom is -0.507 e. The molecule has 0 aliphatic rings. The number of hydrogen-bond donors (Lipinski definition) is 1. The van der Waals surface area contributed by atoms with E-state index in [2.05, 4.69) is 25.7 Å². The van der Waals surface area contributed by atoms with Gasteiger partial charge in [0.25, 0.3) is 0 Å². The fourth-order valence-corrected chi connectivity index (χ4v) is 2.26. The van der Waals surface area contributed by atoms with Crippen molar-refractivity contribution in [3.63, 3.8) is 0 Å². The van der Waals surface area contributed by atoms with Crippen LogP contribution in [0.2, 0.25) is 0 Å². The summed E-state index contributed by atoms with van der Waals surface area (Å²) >= 11 is 0. The van der Waals surface area contributed by atoms with Crippen molar-refractivity contribution in [1.29, 1.82) is 0 Å². The predicted molar refractivity (Wildman–Crippen MR) is 79.7 cm³/mol. The maximum absolute atomic E-state index is 10.0. The van der Waals surface area contributed by atoms with Crippen LogP contribution < -0.4 is 4.74 Å². The average Bonchev–Trinajstić information content (AvgIpc) is 2.44. The molecule has 0 bridgehead atoms. The van der Waals surface area contributed by atoms with Crippen molar-refractivity contribution in [2.45, 2.75) is 40.2 Å². The van der Waals surface area contributed by atoms with Crippen LogP contribution in [0.3, 0.4) is 0 Å². The first-order chi connectivity index (χ1) is 9.14. The Morgan fingerprint density at radius 2 is 1.89 bits per heavy atom. The van der Waals surface area contributed by atoms with E-state index in [-0.39, 0.29) is 0 Å². The molecule has 1 aromatic rings. The second-order valence-corrected chi connectivity index (χ2v) is 5.00. The standard InChI is InChI=1S/C16H27NO2/c1-5-13(6-2)11-17(7-3)12-14-8-9-15(19-4)10-16(14)18/h8-10,13,18H,5-7,11-12H2,1-4H3. The molecular formula is C16H27NO2. The number of nitrogens with zero attached hydrogens (tertiary/aromatic N) is 1. The highest BCUT2D eigenvalue weighted by molar-refractivity contribution is 5.39. The molecule has 0 saturated carbocycles. The van der Waals surface area contributed by atoms with E-state index in [1.54, 1.807) is 13.2 Å². The molecule has 0 atom stereocenters. The maximum Gasteiger partial charge on any atom is 0.123 e. The lowest BCUT2D eigenvalue weighted by atomic mass is 10.0. The van der Waals surface area contributed by atoms with Gasteiger partial charge < -0.3 is 9.84 Å². The van der Waals surface area contributed by atoms with E-state index < -0.39 is 0 Å². The molecule has 0 radical (unpaired) electrons. The first-order valence-electron chi connectivity index (χ1n) is 7.22. The third kappa shape index (κ3) is 4.75. The van der Waals surface area contributed by atoms with Crippen LogP contribution in [0.5, 0.6) is 11.5 Å². The molecule has 0 amide bonds. The van der Waals surface area contributed by atoms with Crippen molar-refractivity contribution < 1.29 is 9.84 Å². The van der Waals surface area contributed by atoms with E-state index in [0.29, 0.717) is 11.5 Å². The molecule has 1 aromatic carbocycles. The maximum atomic E-state index is 10.0. The number of ether oxygens (including phenoxy) is 1. The topological polar surface area (TPSA) is 32.7 Å². The van der Waals surface area contributed by atoms with Gasteiger partial charge in [-0.05, 0) is 18.5 Å². The van der Waals surface area contributed by atoms with Gasteiger partial charge in [-0.25, -0.2) is 0 Å². The summed E-state index contributed by atoms with van der Waals surface area (Å²) in [5.74, 6) is 1.76. The summed E-state index contributed by atoms with van der Waals surface area (Å²) in [6.07, 6.45) is 2.42. The summed E-state index contributed by atoms with van der Waals surface area (Å²) in [5, 5.41) is 10.0. The molecule has 0 heterocycles. The summed E-state index contributed by atoms with van der Waals surface area (Å²) < 4.78 is 5.11. The zero-order chi connectivity index (χ0) is 14.3. The van der Waals surface area contributed by atoms with Crippen LogP contribution in [0.15, 0.2) is 18.2 Å². The Hall–Kier alpha value is -1.22. The van der Waals surface area contributed by atoms with Crippen molar-refractivity contribution in [3.8, 4) is 11.5 Å². The normalized spacial score (nSPS) is 11.3. The molecule has 108 valence electrons. The molecule has 0 aromatic heterocycles. The van der Waals surface area contributed by atoms with Crippen LogP contribution in [0, 0.1) is 5.92 Å². The fraction of sp³-hybridized carbons (Fsp3) is 0.625. The Labute approximate surface area is 117 Å². The molecule has 0 aliphatic heterocycles. The Bertz CT molecular complexity index is 375. The number of methoxy groups -OCH3 is 1. The van der Waals surface area contributed by atoms with E-state index >= 15 is 0 Å². The van der Waals surface area contributed by atoms with Gasteiger partial charge in [0.2, 0.25) is 0 Å². The van der Waals surface area contributed by atoms with Gasteiger partial charge in [0.05, 0.1) is 7.11 Å². The van der Waals surface area contributed by atoms with E-state index in [0.717, 1.165) is 31.1 Å². The van der Waals surface area contributed by atoms with Gasteiger partial charge in [0, 0.05) is 24.7 Å². The number of rotatable bonds is 8. The minimum absolute atomic E-state index is 0.322. The zero-order valence-corrected chi connectivity index (χ0v) is 12.6. The van der Waals surface area contributed by atoms with Crippen LogP contribution in [0.4, 0.5) is 0 Å². The number of phenolic OH excluding ortho intramolecular Hbond substituents is 1. The van der Waals surface area contributed by atoms with Gasteiger partial charge in [-0.2, -0.15) is 0 Å². The van der Waals surface area contributed by atoms with Crippen molar-refractivity contribution in [2.24, 2.45) is 5.92 Å². The monoisotopic (exact) mass is 265 g/mol. The third-order valence-electron chi connectivity index (χ3n) is 3.80. The summed E-state index contributed by atoms with van der Waals surface area (Å²) in [4.78, 5) is 2.39. The Morgan fingerprint density at radius 1 is 1.21 bits per heavy atom. The summed E-state index contributed by atoms with van der Waals surface area (Å²) in [6, 6.07) is 5.53. The van der Waals surface area contributed by atoms with E-state index in [1.807, 2.05) is 12.1 Å². The quantitative estimate of drug-likeness (QED) is 0.778. The second kappa shape index (κ2) is 8.05. The third-order valence-corrected chi connectivity index (χ3v) is 3.80. The van der Waals surface area contributed by atoms with E-state index in [1.165, 1.54) is 12.8 Å². The molecule has 1 N–H and O–H groups in total. The van der Waals surface area contributed by atoms with Gasteiger partial charge in [-0.1, -0.05) is 39.7 Å². The molecule has 19 heavy (non-hydrogen) atoms. The lowest BCUT2D eigenvalue weighted by molar-refractivity contribution is 0.224. The number of phenols is 1. The van der Waals surface area contributed by atoms with Gasteiger partial charge >= 0.3 is 0 Å². The number of benzene rings is 1. The minimum atomic E-state index is 0.322. The Balaban J connectivity index is 2.70. The lowest BCUT2D eigenvalue weighted by Crippen LogP contribution is -2.28. The number of hydrogen-bond acceptors (Lipinski definition) is 3. The van der Waals surface area contributed by atoms with Gasteiger partial charge in [0.1, 0.15) is 11.5 Å². The van der Waals surface area contributed by atoms with Crippen molar-refractivity contribution in [2.75, 3.05) is 20.2 Å². The lowest BCUT2D eigenvalue weighted by Gasteiger charge is -2.25. The van der Waals surface area contributed by atoms with Crippen LogP contribution in [0.25, 0.3) is 0 Å². The molecule has 3 heteroatoms. The smallest absolute Gasteiger partial charge is 0.123 e. The summed E-state index contributed by atoms with van der Waals surface area (Å²) in [7, 11) is 1.61. The summed E-state index contributed by atoms with van der Waals surface area (Å²) in [5.41, 5.74) is 0.966. The highest BCUT2D eigenvalue weighted by Crippen LogP contribution is 2.25. The van der Waals surface area contributed by atoms with Gasteiger partial charge in [-0.15, -0.1) is 0 Å². The predicted octanol–water partition coefficient (Wildman–Crippen LogP) is 3.66. The zero-order valence-electron chi connectivity index (χ0n) is 12.6. The number of aromatic hydroxyl groups is 1. The largest absolute Gasteiger partial charge is 0.507 e. The highest BCUT2D eigenvalue weighted by Gasteiger charge is 2.12. The van der Waals surface area contributed by atoms with E-state index in [9.17, 15) is 5.11 Å². The average molecular weight is 265 g/mol. The SMILES string of the molecule is CCC(CC)CN(CC)Cc1ccc(OC)cc1O. The molecule has 1 rings (SSSR count). The van der Waals surface area contributed by atoms with E-state index in [4.69, 9.17) is 4.74 Å². The van der Waals surface area contributed by atoms with Crippen LogP contribution in [0.1, 0.15) is 39.2 Å². The van der Waals surface area contributed by atoms with Crippen LogP contribution in [-0.2, 0) is 6.54 Å². The van der Waals surface area contributed by atoms with Crippen molar-refractivity contribution in [3.05, 3.63) is 23.8 Å². The van der Waals surface area contributed by atoms with Crippen molar-refractivity contribution >= 4 is 0 Å². The molecule has 3 nitrogen and oxygen atoms in total. The van der Waals surface area contributed by atoms with Gasteiger partial charge in [-0.3, -0.25) is 4.90 Å². The highest BCUT2D eigenvalue weighted by atomic mass is 16.5. The molecular weight excluding hydrogens is 238 g/mol. The van der Waals surface area contributed by atoms with Gasteiger partial charge in [0.15, 0.2) is 0 Å². The fourth-order valence-electron chi connectivity index (χ4n) is 2.26. The molecule has 0 aliphatic carbocycles. The molecule has 0 unspecified atom stereocenters. The summed E-state index contributed by atoms with van der Waals surface area (Å²) in [6.45, 7) is 9.54. The molecule has 0 spiro atoms. The second-order valence-electron chi connectivity index (χ2n) is 5.00. The molecule has 0 fully saturated rings. The van der Waals surface area contributed by atoms with Crippen LogP contribution in [-0.4, -0.2) is 30.2 Å². The Morgan fingerprint density at radius 3 is 2.37 bits per heavy atom. The Kier molecular flexibility index (Phi) is 6.71.